The maximum absolute atomic E-state index is 12.1. The summed E-state index contributed by atoms with van der Waals surface area (Å²) in [6, 6.07) is 8.33. The van der Waals surface area contributed by atoms with E-state index in [1.807, 2.05) is 13.0 Å². The first kappa shape index (κ1) is 16.5. The summed E-state index contributed by atoms with van der Waals surface area (Å²) in [6.45, 7) is 0.676. The van der Waals surface area contributed by atoms with Gasteiger partial charge in [0, 0.05) is 18.2 Å². The molecule has 3 rings (SSSR count). The molecule has 1 aliphatic rings. The largest absolute Gasteiger partial charge is 0.484 e. The Kier molecular flexibility index (Phi) is 4.59. The van der Waals surface area contributed by atoms with Gasteiger partial charge in [-0.1, -0.05) is 12.1 Å². The molecule has 1 heterocycles. The summed E-state index contributed by atoms with van der Waals surface area (Å²) < 4.78 is 41.1. The molecule has 1 N–H and O–H groups in total. The van der Waals surface area contributed by atoms with Crippen LogP contribution in [0.4, 0.5) is 19.0 Å². The number of hydrogen-bond acceptors (Lipinski definition) is 4. The molecule has 1 atom stereocenters. The minimum absolute atomic E-state index is 0.0383. The van der Waals surface area contributed by atoms with Crippen LogP contribution in [-0.2, 0) is 0 Å². The van der Waals surface area contributed by atoms with Gasteiger partial charge in [0.15, 0.2) is 6.61 Å². The molecule has 0 spiro atoms. The fourth-order valence-corrected chi connectivity index (χ4v) is 2.32. The molecule has 2 aromatic rings. The fourth-order valence-electron chi connectivity index (χ4n) is 2.32. The molecule has 1 fully saturated rings. The van der Waals surface area contributed by atoms with Gasteiger partial charge in [0.05, 0.1) is 0 Å². The van der Waals surface area contributed by atoms with E-state index in [4.69, 9.17) is 4.74 Å². The Hall–Kier alpha value is -2.31. The van der Waals surface area contributed by atoms with Crippen molar-refractivity contribution in [1.29, 1.82) is 0 Å². The molecule has 7 heteroatoms. The van der Waals surface area contributed by atoms with Gasteiger partial charge < -0.3 is 10.1 Å². The molecule has 1 aliphatic carbocycles. The second kappa shape index (κ2) is 6.67. The number of alkyl halides is 3. The number of nitrogens with one attached hydrogen (secondary N) is 1. The zero-order chi connectivity index (χ0) is 17.2. The van der Waals surface area contributed by atoms with Gasteiger partial charge in [-0.25, -0.2) is 9.97 Å². The summed E-state index contributed by atoms with van der Waals surface area (Å²) in [7, 11) is 0. The van der Waals surface area contributed by atoms with Gasteiger partial charge in [0.1, 0.15) is 17.4 Å². The van der Waals surface area contributed by atoms with Crippen LogP contribution in [0, 0.1) is 0 Å². The van der Waals surface area contributed by atoms with Crippen LogP contribution in [0.5, 0.6) is 5.75 Å². The zero-order valence-corrected chi connectivity index (χ0v) is 13.2. The van der Waals surface area contributed by atoms with E-state index in [-0.39, 0.29) is 11.8 Å². The highest BCUT2D eigenvalue weighted by Gasteiger charge is 2.28. The number of benzene rings is 1. The first-order chi connectivity index (χ1) is 11.4. The second-order valence-electron chi connectivity index (χ2n) is 5.91. The van der Waals surface area contributed by atoms with Crippen molar-refractivity contribution in [1.82, 2.24) is 9.97 Å². The quantitative estimate of drug-likeness (QED) is 0.845. The SMILES string of the molecule is CC(Nc1ccnc(C2CC2)n1)c1ccc(OCC(F)(F)F)cc1. The summed E-state index contributed by atoms with van der Waals surface area (Å²) in [5.41, 5.74) is 0.931. The molecule has 4 nitrogen and oxygen atoms in total. The number of hydrogen-bond donors (Lipinski definition) is 1. The predicted molar refractivity (Wildman–Crippen MR) is 84.0 cm³/mol. The lowest BCUT2D eigenvalue weighted by molar-refractivity contribution is -0.153. The lowest BCUT2D eigenvalue weighted by Gasteiger charge is -2.16. The van der Waals surface area contributed by atoms with Crippen LogP contribution < -0.4 is 10.1 Å². The van der Waals surface area contributed by atoms with Crippen molar-refractivity contribution >= 4 is 5.82 Å². The average Bonchev–Trinajstić information content (AvgIpc) is 3.38. The van der Waals surface area contributed by atoms with Gasteiger partial charge in [0.2, 0.25) is 0 Å². The van der Waals surface area contributed by atoms with Crippen molar-refractivity contribution < 1.29 is 17.9 Å². The first-order valence-corrected chi connectivity index (χ1v) is 7.80. The molecular formula is C17H18F3N3O. The van der Waals surface area contributed by atoms with Crippen LogP contribution in [0.2, 0.25) is 0 Å². The highest BCUT2D eigenvalue weighted by atomic mass is 19.4. The van der Waals surface area contributed by atoms with E-state index < -0.39 is 12.8 Å². The van der Waals surface area contributed by atoms with Crippen molar-refractivity contribution in [3.63, 3.8) is 0 Å². The Bertz CT molecular complexity index is 684. The van der Waals surface area contributed by atoms with Crippen LogP contribution in [0.3, 0.4) is 0 Å². The van der Waals surface area contributed by atoms with Crippen LogP contribution in [0.15, 0.2) is 36.5 Å². The van der Waals surface area contributed by atoms with E-state index in [2.05, 4.69) is 15.3 Å². The number of anilines is 1. The van der Waals surface area contributed by atoms with Crippen molar-refractivity contribution in [2.75, 3.05) is 11.9 Å². The second-order valence-corrected chi connectivity index (χ2v) is 5.91. The van der Waals surface area contributed by atoms with Gasteiger partial charge in [-0.15, -0.1) is 0 Å². The Balaban J connectivity index is 1.60. The number of nitrogens with zero attached hydrogens (tertiary/aromatic N) is 2. The summed E-state index contributed by atoms with van der Waals surface area (Å²) in [5, 5.41) is 3.29. The smallest absolute Gasteiger partial charge is 0.422 e. The molecule has 128 valence electrons. The summed E-state index contributed by atoms with van der Waals surface area (Å²) >= 11 is 0. The molecule has 0 bridgehead atoms. The topological polar surface area (TPSA) is 47.0 Å². The van der Waals surface area contributed by atoms with E-state index in [9.17, 15) is 13.2 Å². The Morgan fingerprint density at radius 3 is 2.54 bits per heavy atom. The van der Waals surface area contributed by atoms with Crippen molar-refractivity contribution in [3.8, 4) is 5.75 Å². The molecule has 1 aromatic heterocycles. The number of halogens is 3. The molecule has 0 saturated heterocycles. The molecule has 0 aliphatic heterocycles. The number of aromatic nitrogens is 2. The minimum Gasteiger partial charge on any atom is -0.484 e. The zero-order valence-electron chi connectivity index (χ0n) is 13.2. The third-order valence-corrected chi connectivity index (χ3v) is 3.76. The number of ether oxygens (including phenoxy) is 1. The lowest BCUT2D eigenvalue weighted by Crippen LogP contribution is -2.19. The molecule has 0 radical (unpaired) electrons. The summed E-state index contributed by atoms with van der Waals surface area (Å²) in [4.78, 5) is 8.78. The maximum Gasteiger partial charge on any atom is 0.422 e. The molecular weight excluding hydrogens is 319 g/mol. The Labute approximate surface area is 138 Å². The van der Waals surface area contributed by atoms with Gasteiger partial charge in [-0.05, 0) is 43.5 Å². The van der Waals surface area contributed by atoms with E-state index in [1.165, 1.54) is 12.1 Å². The van der Waals surface area contributed by atoms with E-state index in [0.29, 0.717) is 5.92 Å². The van der Waals surface area contributed by atoms with Gasteiger partial charge in [0.25, 0.3) is 0 Å². The van der Waals surface area contributed by atoms with Gasteiger partial charge in [-0.2, -0.15) is 13.2 Å². The Morgan fingerprint density at radius 1 is 1.21 bits per heavy atom. The van der Waals surface area contributed by atoms with Crippen molar-refractivity contribution in [3.05, 3.63) is 47.9 Å². The predicted octanol–water partition coefficient (Wildman–Crippen LogP) is 4.47. The van der Waals surface area contributed by atoms with Gasteiger partial charge >= 0.3 is 6.18 Å². The minimum atomic E-state index is -4.33. The summed E-state index contributed by atoms with van der Waals surface area (Å²) in [5.74, 6) is 2.29. The van der Waals surface area contributed by atoms with Crippen LogP contribution in [-0.4, -0.2) is 22.8 Å². The maximum atomic E-state index is 12.1. The van der Waals surface area contributed by atoms with Crippen molar-refractivity contribution in [2.45, 2.75) is 37.9 Å². The lowest BCUT2D eigenvalue weighted by atomic mass is 10.1. The monoisotopic (exact) mass is 337 g/mol. The average molecular weight is 337 g/mol. The molecule has 0 amide bonds. The standard InChI is InChI=1S/C17H18F3N3O/c1-11(22-15-8-9-21-16(23-15)13-2-3-13)12-4-6-14(7-5-12)24-10-17(18,19)20/h4-9,11,13H,2-3,10H2,1H3,(H,21,22,23). The van der Waals surface area contributed by atoms with Crippen molar-refractivity contribution in [2.24, 2.45) is 0 Å². The normalized spacial score (nSPS) is 15.8. The summed E-state index contributed by atoms with van der Waals surface area (Å²) in [6.07, 6.45) is -0.319. The molecule has 1 unspecified atom stereocenters. The van der Waals surface area contributed by atoms with Crippen LogP contribution in [0.25, 0.3) is 0 Å². The van der Waals surface area contributed by atoms with E-state index in [0.717, 1.165) is 30.0 Å². The molecule has 1 aromatic carbocycles. The van der Waals surface area contributed by atoms with Crippen LogP contribution >= 0.6 is 0 Å². The molecule has 1 saturated carbocycles. The van der Waals surface area contributed by atoms with Gasteiger partial charge in [-0.3, -0.25) is 0 Å². The third kappa shape index (κ3) is 4.59. The van der Waals surface area contributed by atoms with Crippen LogP contribution in [0.1, 0.15) is 43.1 Å². The van der Waals surface area contributed by atoms with E-state index in [1.54, 1.807) is 18.3 Å². The highest BCUT2D eigenvalue weighted by Crippen LogP contribution is 2.38. The third-order valence-electron chi connectivity index (χ3n) is 3.76. The number of rotatable bonds is 6. The fraction of sp³-hybridized carbons (Fsp3) is 0.412. The first-order valence-electron chi connectivity index (χ1n) is 7.80. The van der Waals surface area contributed by atoms with E-state index >= 15 is 0 Å². The highest BCUT2D eigenvalue weighted by molar-refractivity contribution is 5.39. The molecule has 24 heavy (non-hydrogen) atoms. The Morgan fingerprint density at radius 2 is 1.92 bits per heavy atom.